The lowest BCUT2D eigenvalue weighted by Gasteiger charge is -2.30. The number of carbonyl (C=O) groups is 1. The molecule has 0 saturated carbocycles. The van der Waals surface area contributed by atoms with E-state index in [2.05, 4.69) is 11.4 Å². The number of hydrogen-bond acceptors (Lipinski definition) is 3. The third-order valence-corrected chi connectivity index (χ3v) is 2.98. The minimum atomic E-state index is 0.124. The molecule has 0 aromatic heterocycles. The Labute approximate surface area is 101 Å². The van der Waals surface area contributed by atoms with E-state index in [4.69, 9.17) is 5.26 Å². The van der Waals surface area contributed by atoms with Crippen molar-refractivity contribution in [1.29, 1.82) is 5.26 Å². The SMILES string of the molecule is CN(Cc1cccc(C#N)c1)C(=O)C1CNC1. The fourth-order valence-electron chi connectivity index (χ4n) is 1.87. The fourth-order valence-corrected chi connectivity index (χ4v) is 1.87. The van der Waals surface area contributed by atoms with Crippen molar-refractivity contribution in [3.63, 3.8) is 0 Å². The molecular formula is C13H15N3O. The molecule has 1 aromatic carbocycles. The lowest BCUT2D eigenvalue weighted by molar-refractivity contribution is -0.136. The van der Waals surface area contributed by atoms with Crippen LogP contribution in [0.3, 0.4) is 0 Å². The summed E-state index contributed by atoms with van der Waals surface area (Å²) in [6.45, 7) is 2.12. The van der Waals surface area contributed by atoms with Crippen LogP contribution in [0, 0.1) is 17.2 Å². The Morgan fingerprint density at radius 2 is 2.35 bits per heavy atom. The molecular weight excluding hydrogens is 214 g/mol. The fraction of sp³-hybridized carbons (Fsp3) is 0.385. The highest BCUT2D eigenvalue weighted by molar-refractivity contribution is 5.79. The first-order valence-corrected chi connectivity index (χ1v) is 5.65. The first-order chi connectivity index (χ1) is 8.20. The van der Waals surface area contributed by atoms with Gasteiger partial charge in [0.1, 0.15) is 0 Å². The van der Waals surface area contributed by atoms with Crippen LogP contribution in [-0.2, 0) is 11.3 Å². The van der Waals surface area contributed by atoms with Gasteiger partial charge in [-0.1, -0.05) is 12.1 Å². The highest BCUT2D eigenvalue weighted by atomic mass is 16.2. The van der Waals surface area contributed by atoms with E-state index in [0.29, 0.717) is 12.1 Å². The predicted molar refractivity (Wildman–Crippen MR) is 64.0 cm³/mol. The zero-order valence-electron chi connectivity index (χ0n) is 9.81. The van der Waals surface area contributed by atoms with E-state index in [1.807, 2.05) is 18.2 Å². The van der Waals surface area contributed by atoms with E-state index >= 15 is 0 Å². The summed E-state index contributed by atoms with van der Waals surface area (Å²) in [4.78, 5) is 13.6. The summed E-state index contributed by atoms with van der Waals surface area (Å²) < 4.78 is 0. The summed E-state index contributed by atoms with van der Waals surface area (Å²) in [6, 6.07) is 9.47. The Morgan fingerprint density at radius 1 is 1.59 bits per heavy atom. The number of amides is 1. The van der Waals surface area contributed by atoms with Crippen molar-refractivity contribution in [2.24, 2.45) is 5.92 Å². The molecule has 1 saturated heterocycles. The number of nitrogens with zero attached hydrogens (tertiary/aromatic N) is 2. The molecule has 1 aliphatic heterocycles. The molecule has 0 aliphatic carbocycles. The van der Waals surface area contributed by atoms with Crippen LogP contribution in [0.15, 0.2) is 24.3 Å². The van der Waals surface area contributed by atoms with E-state index in [0.717, 1.165) is 18.7 Å². The number of rotatable bonds is 3. The van der Waals surface area contributed by atoms with Gasteiger partial charge in [0.2, 0.25) is 5.91 Å². The molecule has 0 bridgehead atoms. The molecule has 0 radical (unpaired) electrons. The van der Waals surface area contributed by atoms with Crippen LogP contribution in [0.4, 0.5) is 0 Å². The van der Waals surface area contributed by atoms with E-state index in [1.165, 1.54) is 0 Å². The quantitative estimate of drug-likeness (QED) is 0.831. The van der Waals surface area contributed by atoms with Gasteiger partial charge in [-0.3, -0.25) is 4.79 Å². The van der Waals surface area contributed by atoms with Crippen molar-refractivity contribution in [2.75, 3.05) is 20.1 Å². The van der Waals surface area contributed by atoms with Crippen molar-refractivity contribution in [3.05, 3.63) is 35.4 Å². The van der Waals surface area contributed by atoms with Gasteiger partial charge in [-0.25, -0.2) is 0 Å². The standard InChI is InChI=1S/C13H15N3O/c1-16(13(17)12-7-15-8-12)9-11-4-2-3-10(5-11)6-14/h2-5,12,15H,7-9H2,1H3. The summed E-state index contributed by atoms with van der Waals surface area (Å²) in [5, 5.41) is 11.9. The van der Waals surface area contributed by atoms with Gasteiger partial charge in [0.15, 0.2) is 0 Å². The lowest BCUT2D eigenvalue weighted by atomic mass is 10.0. The molecule has 1 N–H and O–H groups in total. The van der Waals surface area contributed by atoms with E-state index < -0.39 is 0 Å². The maximum Gasteiger partial charge on any atom is 0.228 e. The number of hydrogen-bond donors (Lipinski definition) is 1. The van der Waals surface area contributed by atoms with Crippen molar-refractivity contribution >= 4 is 5.91 Å². The van der Waals surface area contributed by atoms with Crippen LogP contribution in [0.2, 0.25) is 0 Å². The van der Waals surface area contributed by atoms with Gasteiger partial charge in [-0.05, 0) is 17.7 Å². The van der Waals surface area contributed by atoms with Crippen LogP contribution in [0.25, 0.3) is 0 Å². The molecule has 1 fully saturated rings. The molecule has 1 amide bonds. The monoisotopic (exact) mass is 229 g/mol. The summed E-state index contributed by atoms with van der Waals surface area (Å²) in [5.74, 6) is 0.297. The van der Waals surface area contributed by atoms with Crippen LogP contribution in [-0.4, -0.2) is 30.9 Å². The molecule has 88 valence electrons. The highest BCUT2D eigenvalue weighted by Crippen LogP contribution is 2.11. The van der Waals surface area contributed by atoms with Crippen LogP contribution < -0.4 is 5.32 Å². The van der Waals surface area contributed by atoms with Crippen LogP contribution >= 0.6 is 0 Å². The van der Waals surface area contributed by atoms with Gasteiger partial charge in [0, 0.05) is 26.7 Å². The second-order valence-electron chi connectivity index (χ2n) is 4.36. The van der Waals surface area contributed by atoms with E-state index in [1.54, 1.807) is 18.0 Å². The van der Waals surface area contributed by atoms with Crippen molar-refractivity contribution < 1.29 is 4.79 Å². The van der Waals surface area contributed by atoms with Gasteiger partial charge in [0.05, 0.1) is 17.6 Å². The Hall–Kier alpha value is -1.86. The minimum absolute atomic E-state index is 0.124. The highest BCUT2D eigenvalue weighted by Gasteiger charge is 2.27. The number of nitriles is 1. The summed E-state index contributed by atoms with van der Waals surface area (Å²) in [7, 11) is 1.81. The second-order valence-corrected chi connectivity index (χ2v) is 4.36. The summed E-state index contributed by atoms with van der Waals surface area (Å²) in [6.07, 6.45) is 0. The third kappa shape index (κ3) is 2.63. The zero-order chi connectivity index (χ0) is 12.3. The van der Waals surface area contributed by atoms with E-state index in [-0.39, 0.29) is 11.8 Å². The molecule has 0 unspecified atom stereocenters. The first kappa shape index (κ1) is 11.6. The molecule has 2 rings (SSSR count). The third-order valence-electron chi connectivity index (χ3n) is 2.98. The second kappa shape index (κ2) is 4.98. The Bertz CT molecular complexity index is 460. The Balaban J connectivity index is 1.99. The largest absolute Gasteiger partial charge is 0.341 e. The normalized spacial score (nSPS) is 14.8. The van der Waals surface area contributed by atoms with Crippen LogP contribution in [0.1, 0.15) is 11.1 Å². The van der Waals surface area contributed by atoms with Gasteiger partial charge in [-0.15, -0.1) is 0 Å². The minimum Gasteiger partial charge on any atom is -0.341 e. The van der Waals surface area contributed by atoms with Gasteiger partial charge in [-0.2, -0.15) is 5.26 Å². The topological polar surface area (TPSA) is 56.1 Å². The molecule has 0 spiro atoms. The Kier molecular flexibility index (Phi) is 3.40. The first-order valence-electron chi connectivity index (χ1n) is 5.65. The van der Waals surface area contributed by atoms with Crippen LogP contribution in [0.5, 0.6) is 0 Å². The van der Waals surface area contributed by atoms with Crippen molar-refractivity contribution in [3.8, 4) is 6.07 Å². The van der Waals surface area contributed by atoms with Gasteiger partial charge < -0.3 is 10.2 Å². The molecule has 1 aliphatic rings. The summed E-state index contributed by atoms with van der Waals surface area (Å²) >= 11 is 0. The molecule has 0 atom stereocenters. The average molecular weight is 229 g/mol. The predicted octanol–water partition coefficient (Wildman–Crippen LogP) is 0.736. The molecule has 1 heterocycles. The lowest BCUT2D eigenvalue weighted by Crippen LogP contribution is -2.50. The maximum absolute atomic E-state index is 11.9. The van der Waals surface area contributed by atoms with Crippen molar-refractivity contribution in [2.45, 2.75) is 6.54 Å². The van der Waals surface area contributed by atoms with Gasteiger partial charge in [0.25, 0.3) is 0 Å². The molecule has 4 nitrogen and oxygen atoms in total. The number of benzene rings is 1. The number of nitrogens with one attached hydrogen (secondary N) is 1. The Morgan fingerprint density at radius 3 is 2.94 bits per heavy atom. The summed E-state index contributed by atoms with van der Waals surface area (Å²) in [5.41, 5.74) is 1.63. The molecule has 1 aromatic rings. The van der Waals surface area contributed by atoms with Crippen molar-refractivity contribution in [1.82, 2.24) is 10.2 Å². The average Bonchev–Trinajstić information content (AvgIpc) is 2.27. The van der Waals surface area contributed by atoms with E-state index in [9.17, 15) is 4.79 Å². The number of carbonyl (C=O) groups excluding carboxylic acids is 1. The molecule has 17 heavy (non-hydrogen) atoms. The smallest absolute Gasteiger partial charge is 0.228 e. The molecule has 4 heteroatoms. The zero-order valence-corrected chi connectivity index (χ0v) is 9.81. The van der Waals surface area contributed by atoms with Gasteiger partial charge >= 0.3 is 0 Å². The maximum atomic E-state index is 11.9.